The van der Waals surface area contributed by atoms with Gasteiger partial charge in [-0.15, -0.1) is 0 Å². The van der Waals surface area contributed by atoms with Crippen LogP contribution in [0, 0.1) is 11.2 Å². The summed E-state index contributed by atoms with van der Waals surface area (Å²) < 4.78 is 13.2. The highest BCUT2D eigenvalue weighted by Crippen LogP contribution is 2.32. The monoisotopic (exact) mass is 341 g/mol. The molecule has 2 heterocycles. The maximum atomic E-state index is 13.2. The Hall–Kier alpha value is -1.78. The topological polar surface area (TPSA) is 19.4 Å². The predicted octanol–water partition coefficient (Wildman–Crippen LogP) is 3.95. The number of hydrogen-bond donors (Lipinski definition) is 0. The molecular weight excluding hydrogens is 313 g/mol. The van der Waals surface area contributed by atoms with E-state index in [-0.39, 0.29) is 5.82 Å². The fraction of sp³-hybridized carbons (Fsp3) is 0.476. The number of halogens is 1. The minimum absolute atomic E-state index is 0.174. The molecule has 1 saturated heterocycles. The van der Waals surface area contributed by atoms with Crippen LogP contribution in [0.25, 0.3) is 0 Å². The molecule has 0 saturated carbocycles. The van der Waals surface area contributed by atoms with Gasteiger partial charge in [-0.2, -0.15) is 0 Å². The molecule has 0 spiro atoms. The first-order valence-electron chi connectivity index (χ1n) is 9.07. The lowest BCUT2D eigenvalue weighted by atomic mass is 9.80. The van der Waals surface area contributed by atoms with Gasteiger partial charge in [-0.3, -0.25) is 9.88 Å². The van der Waals surface area contributed by atoms with Gasteiger partial charge in [-0.1, -0.05) is 19.1 Å². The number of rotatable bonds is 6. The van der Waals surface area contributed by atoms with Gasteiger partial charge in [0.1, 0.15) is 5.82 Å². The van der Waals surface area contributed by atoms with E-state index in [1.54, 1.807) is 12.1 Å². The summed E-state index contributed by atoms with van der Waals surface area (Å²) >= 11 is 0. The van der Waals surface area contributed by atoms with Gasteiger partial charge in [-0.25, -0.2) is 4.39 Å². The maximum Gasteiger partial charge on any atom is 0.123 e. The Balaban J connectivity index is 1.72. The molecule has 3 rings (SSSR count). The van der Waals surface area contributed by atoms with Crippen molar-refractivity contribution in [1.82, 2.24) is 14.8 Å². The molecule has 1 fully saturated rings. The van der Waals surface area contributed by atoms with E-state index >= 15 is 0 Å². The molecule has 1 aliphatic heterocycles. The van der Waals surface area contributed by atoms with E-state index in [9.17, 15) is 4.39 Å². The van der Waals surface area contributed by atoms with Gasteiger partial charge in [0.05, 0.1) is 0 Å². The smallest absolute Gasteiger partial charge is 0.123 e. The molecule has 0 amide bonds. The summed E-state index contributed by atoms with van der Waals surface area (Å²) in [7, 11) is 2.20. The molecule has 1 aromatic carbocycles. The fourth-order valence-corrected chi connectivity index (χ4v) is 3.62. The lowest BCUT2D eigenvalue weighted by Crippen LogP contribution is -2.43. The maximum absolute atomic E-state index is 13.2. The minimum Gasteiger partial charge on any atom is -0.306 e. The number of pyridine rings is 1. The molecule has 0 unspecified atom stereocenters. The normalized spacial score (nSPS) is 17.8. The largest absolute Gasteiger partial charge is 0.306 e. The van der Waals surface area contributed by atoms with Crippen LogP contribution in [0.1, 0.15) is 30.9 Å². The molecule has 3 nitrogen and oxygen atoms in total. The van der Waals surface area contributed by atoms with Crippen molar-refractivity contribution in [2.45, 2.75) is 32.9 Å². The van der Waals surface area contributed by atoms with Crippen molar-refractivity contribution >= 4 is 0 Å². The molecule has 0 atom stereocenters. The minimum atomic E-state index is -0.174. The standard InChI is InChI=1S/C21H28FN3/c1-21(9-13-24(2)14-10-21)17-25(16-19-7-11-23-12-8-19)15-18-3-5-20(22)6-4-18/h3-8,11-12H,9-10,13-17H2,1-2H3. The molecule has 25 heavy (non-hydrogen) atoms. The van der Waals surface area contributed by atoms with E-state index in [4.69, 9.17) is 0 Å². The summed E-state index contributed by atoms with van der Waals surface area (Å²) in [5.41, 5.74) is 2.76. The number of benzene rings is 1. The van der Waals surface area contributed by atoms with Crippen LogP contribution in [-0.2, 0) is 13.1 Å². The van der Waals surface area contributed by atoms with Crippen LogP contribution >= 0.6 is 0 Å². The molecule has 0 radical (unpaired) electrons. The summed E-state index contributed by atoms with van der Waals surface area (Å²) in [4.78, 5) is 9.02. The van der Waals surface area contributed by atoms with Crippen LogP contribution in [0.5, 0.6) is 0 Å². The fourth-order valence-electron chi connectivity index (χ4n) is 3.62. The Morgan fingerprint density at radius 3 is 2.16 bits per heavy atom. The van der Waals surface area contributed by atoms with Crippen molar-refractivity contribution in [3.8, 4) is 0 Å². The first kappa shape index (κ1) is 18.0. The first-order chi connectivity index (χ1) is 12.0. The molecule has 1 aliphatic rings. The van der Waals surface area contributed by atoms with Crippen LogP contribution < -0.4 is 0 Å². The lowest BCUT2D eigenvalue weighted by Gasteiger charge is -2.41. The van der Waals surface area contributed by atoms with Crippen LogP contribution in [0.15, 0.2) is 48.8 Å². The van der Waals surface area contributed by atoms with E-state index in [2.05, 4.69) is 40.9 Å². The highest BCUT2D eigenvalue weighted by Gasteiger charge is 2.30. The van der Waals surface area contributed by atoms with Gasteiger partial charge in [0.25, 0.3) is 0 Å². The SMILES string of the molecule is CN1CCC(C)(CN(Cc2ccncc2)Cc2ccc(F)cc2)CC1. The second-order valence-corrected chi connectivity index (χ2v) is 7.74. The molecule has 0 N–H and O–H groups in total. The van der Waals surface area contributed by atoms with Crippen LogP contribution in [0.2, 0.25) is 0 Å². The van der Waals surface area contributed by atoms with E-state index in [0.29, 0.717) is 5.41 Å². The van der Waals surface area contributed by atoms with Crippen LogP contribution in [0.4, 0.5) is 4.39 Å². The second kappa shape index (κ2) is 8.07. The van der Waals surface area contributed by atoms with Crippen LogP contribution in [-0.4, -0.2) is 41.5 Å². The Morgan fingerprint density at radius 2 is 1.56 bits per heavy atom. The third-order valence-corrected chi connectivity index (χ3v) is 5.27. The van der Waals surface area contributed by atoms with Crippen LogP contribution in [0.3, 0.4) is 0 Å². The summed E-state index contributed by atoms with van der Waals surface area (Å²) in [6, 6.07) is 11.1. The van der Waals surface area contributed by atoms with Gasteiger partial charge in [0.15, 0.2) is 0 Å². The van der Waals surface area contributed by atoms with Gasteiger partial charge in [-0.05, 0) is 73.8 Å². The molecule has 0 bridgehead atoms. The molecular formula is C21H28FN3. The van der Waals surface area contributed by atoms with Gasteiger partial charge < -0.3 is 4.90 Å². The van der Waals surface area contributed by atoms with Gasteiger partial charge in [0.2, 0.25) is 0 Å². The molecule has 2 aromatic rings. The zero-order valence-electron chi connectivity index (χ0n) is 15.3. The van der Waals surface area contributed by atoms with Crippen molar-refractivity contribution in [2.75, 3.05) is 26.7 Å². The molecule has 1 aromatic heterocycles. The number of piperidine rings is 1. The number of likely N-dealkylation sites (tertiary alicyclic amines) is 1. The van der Waals surface area contributed by atoms with Crippen molar-refractivity contribution in [1.29, 1.82) is 0 Å². The van der Waals surface area contributed by atoms with Gasteiger partial charge >= 0.3 is 0 Å². The summed E-state index contributed by atoms with van der Waals surface area (Å²) in [6.45, 7) is 7.52. The highest BCUT2D eigenvalue weighted by atomic mass is 19.1. The summed E-state index contributed by atoms with van der Waals surface area (Å²) in [6.07, 6.45) is 6.14. The quantitative estimate of drug-likeness (QED) is 0.793. The second-order valence-electron chi connectivity index (χ2n) is 7.74. The Labute approximate surface area is 150 Å². The van der Waals surface area contributed by atoms with E-state index in [0.717, 1.165) is 38.3 Å². The predicted molar refractivity (Wildman–Crippen MR) is 99.6 cm³/mol. The Bertz CT molecular complexity index is 649. The van der Waals surface area contributed by atoms with Crippen molar-refractivity contribution in [3.05, 3.63) is 65.7 Å². The molecule has 4 heteroatoms. The van der Waals surface area contributed by atoms with Gasteiger partial charge in [0, 0.05) is 32.0 Å². The zero-order chi connectivity index (χ0) is 17.7. The third-order valence-electron chi connectivity index (χ3n) is 5.27. The van der Waals surface area contributed by atoms with Crippen molar-refractivity contribution in [2.24, 2.45) is 5.41 Å². The number of nitrogens with zero attached hydrogens (tertiary/aromatic N) is 3. The molecule has 0 aliphatic carbocycles. The Kier molecular flexibility index (Phi) is 5.82. The van der Waals surface area contributed by atoms with E-state index < -0.39 is 0 Å². The highest BCUT2D eigenvalue weighted by molar-refractivity contribution is 5.17. The first-order valence-corrected chi connectivity index (χ1v) is 9.07. The van der Waals surface area contributed by atoms with Crippen molar-refractivity contribution in [3.63, 3.8) is 0 Å². The zero-order valence-corrected chi connectivity index (χ0v) is 15.3. The third kappa shape index (κ3) is 5.35. The average Bonchev–Trinajstić information content (AvgIpc) is 2.61. The van der Waals surface area contributed by atoms with Crippen molar-refractivity contribution < 1.29 is 4.39 Å². The lowest BCUT2D eigenvalue weighted by molar-refractivity contribution is 0.0793. The molecule has 134 valence electrons. The number of aromatic nitrogens is 1. The summed E-state index contributed by atoms with van der Waals surface area (Å²) in [5.74, 6) is -0.174. The van der Waals surface area contributed by atoms with E-state index in [1.807, 2.05) is 24.5 Å². The summed E-state index contributed by atoms with van der Waals surface area (Å²) in [5, 5.41) is 0. The van der Waals surface area contributed by atoms with E-state index in [1.165, 1.54) is 18.4 Å². The average molecular weight is 341 g/mol. The Morgan fingerprint density at radius 1 is 1.00 bits per heavy atom. The number of hydrogen-bond acceptors (Lipinski definition) is 3.